The van der Waals surface area contributed by atoms with Crippen molar-refractivity contribution in [2.24, 2.45) is 0 Å². The number of nitriles is 1. The lowest BCUT2D eigenvalue weighted by Crippen LogP contribution is -2.42. The van der Waals surface area contributed by atoms with Crippen molar-refractivity contribution >= 4 is 34.6 Å². The third-order valence-corrected chi connectivity index (χ3v) is 2.20. The van der Waals surface area contributed by atoms with Gasteiger partial charge in [-0.15, -0.1) is 0 Å². The Labute approximate surface area is 112 Å². The summed E-state index contributed by atoms with van der Waals surface area (Å²) in [7, 11) is 0. The van der Waals surface area contributed by atoms with Gasteiger partial charge in [0.05, 0.1) is 11.6 Å². The smallest absolute Gasteiger partial charge is 0.171 e. The van der Waals surface area contributed by atoms with Crippen LogP contribution in [0.3, 0.4) is 0 Å². The number of halogens is 1. The summed E-state index contributed by atoms with van der Waals surface area (Å²) in [6, 6.07) is 7.06. The molecule has 0 heterocycles. The summed E-state index contributed by atoms with van der Waals surface area (Å²) in [4.78, 5) is 0. The first-order valence-electron chi connectivity index (χ1n) is 5.10. The van der Waals surface area contributed by atoms with Crippen molar-refractivity contribution in [2.75, 3.05) is 5.32 Å². The predicted octanol–water partition coefficient (Wildman–Crippen LogP) is 3.30. The van der Waals surface area contributed by atoms with Crippen molar-refractivity contribution in [3.05, 3.63) is 28.8 Å². The van der Waals surface area contributed by atoms with E-state index in [1.54, 1.807) is 18.2 Å². The van der Waals surface area contributed by atoms with Crippen LogP contribution in [0.15, 0.2) is 18.2 Å². The van der Waals surface area contributed by atoms with Crippen LogP contribution in [0.1, 0.15) is 26.3 Å². The number of nitrogens with one attached hydrogen (secondary N) is 2. The number of hydrogen-bond donors (Lipinski definition) is 2. The largest absolute Gasteiger partial charge is 0.358 e. The molecule has 0 aromatic heterocycles. The van der Waals surface area contributed by atoms with Gasteiger partial charge in [0.15, 0.2) is 5.11 Å². The molecule has 1 aromatic carbocycles. The molecule has 0 spiro atoms. The molecule has 0 saturated heterocycles. The van der Waals surface area contributed by atoms with E-state index in [0.717, 1.165) is 0 Å². The van der Waals surface area contributed by atoms with E-state index in [2.05, 4.69) is 10.6 Å². The van der Waals surface area contributed by atoms with E-state index >= 15 is 0 Å². The molecule has 0 unspecified atom stereocenters. The molecule has 90 valence electrons. The summed E-state index contributed by atoms with van der Waals surface area (Å²) in [5.74, 6) is 0. The first kappa shape index (κ1) is 13.8. The average Bonchev–Trinajstić information content (AvgIpc) is 2.13. The molecule has 0 radical (unpaired) electrons. The second-order valence-corrected chi connectivity index (χ2v) is 5.51. The van der Waals surface area contributed by atoms with Gasteiger partial charge in [-0.2, -0.15) is 5.26 Å². The third kappa shape index (κ3) is 5.03. The lowest BCUT2D eigenvalue weighted by atomic mass is 10.1. The van der Waals surface area contributed by atoms with E-state index in [-0.39, 0.29) is 5.54 Å². The van der Waals surface area contributed by atoms with Crippen molar-refractivity contribution < 1.29 is 0 Å². The van der Waals surface area contributed by atoms with E-state index in [4.69, 9.17) is 29.1 Å². The van der Waals surface area contributed by atoms with Crippen LogP contribution in [-0.2, 0) is 0 Å². The Morgan fingerprint density at radius 1 is 1.35 bits per heavy atom. The van der Waals surface area contributed by atoms with E-state index in [9.17, 15) is 0 Å². The molecule has 0 aliphatic carbocycles. The van der Waals surface area contributed by atoms with Gasteiger partial charge < -0.3 is 10.6 Å². The zero-order valence-electron chi connectivity index (χ0n) is 9.97. The second kappa shape index (κ2) is 5.35. The van der Waals surface area contributed by atoms with Crippen LogP contribution in [0.2, 0.25) is 5.02 Å². The minimum atomic E-state index is -0.110. The van der Waals surface area contributed by atoms with Gasteiger partial charge in [0.1, 0.15) is 0 Å². The Kier molecular flexibility index (Phi) is 4.33. The fourth-order valence-corrected chi connectivity index (χ4v) is 1.89. The van der Waals surface area contributed by atoms with E-state index in [1.807, 2.05) is 26.8 Å². The Bertz CT molecular complexity index is 472. The molecule has 0 amide bonds. The minimum Gasteiger partial charge on any atom is -0.358 e. The van der Waals surface area contributed by atoms with Gasteiger partial charge in [-0.3, -0.25) is 0 Å². The van der Waals surface area contributed by atoms with Crippen molar-refractivity contribution in [1.29, 1.82) is 5.26 Å². The Hall–Kier alpha value is -1.31. The molecule has 0 saturated carbocycles. The fraction of sp³-hybridized carbons (Fsp3) is 0.333. The molecule has 1 aromatic rings. The number of anilines is 1. The molecule has 0 fully saturated rings. The predicted molar refractivity (Wildman–Crippen MR) is 75.3 cm³/mol. The highest BCUT2D eigenvalue weighted by Crippen LogP contribution is 2.18. The molecular formula is C12H14ClN3S. The summed E-state index contributed by atoms with van der Waals surface area (Å²) < 4.78 is 0. The second-order valence-electron chi connectivity index (χ2n) is 4.67. The molecule has 1 rings (SSSR count). The summed E-state index contributed by atoms with van der Waals surface area (Å²) in [6.07, 6.45) is 0. The van der Waals surface area contributed by atoms with Gasteiger partial charge in [-0.25, -0.2) is 0 Å². The molecule has 0 aliphatic heterocycles. The normalized spacial score (nSPS) is 10.5. The van der Waals surface area contributed by atoms with Crippen molar-refractivity contribution in [1.82, 2.24) is 5.32 Å². The zero-order chi connectivity index (χ0) is 13.1. The van der Waals surface area contributed by atoms with Gasteiger partial charge in [0, 0.05) is 16.2 Å². The van der Waals surface area contributed by atoms with Gasteiger partial charge in [-0.05, 0) is 51.2 Å². The molecular weight excluding hydrogens is 254 g/mol. The quantitative estimate of drug-likeness (QED) is 0.767. The molecule has 0 aliphatic rings. The van der Waals surface area contributed by atoms with E-state index < -0.39 is 0 Å². The summed E-state index contributed by atoms with van der Waals surface area (Å²) in [5.41, 5.74) is 1.09. The summed E-state index contributed by atoms with van der Waals surface area (Å²) in [5, 5.41) is 15.9. The minimum absolute atomic E-state index is 0.110. The number of rotatable bonds is 1. The highest BCUT2D eigenvalue weighted by molar-refractivity contribution is 7.80. The molecule has 2 N–H and O–H groups in total. The van der Waals surface area contributed by atoms with Gasteiger partial charge >= 0.3 is 0 Å². The topological polar surface area (TPSA) is 47.8 Å². The van der Waals surface area contributed by atoms with Gasteiger partial charge in [0.25, 0.3) is 0 Å². The number of hydrogen-bond acceptors (Lipinski definition) is 2. The van der Waals surface area contributed by atoms with Gasteiger partial charge in [-0.1, -0.05) is 11.6 Å². The van der Waals surface area contributed by atoms with Crippen LogP contribution in [0.4, 0.5) is 5.69 Å². The lowest BCUT2D eigenvalue weighted by Gasteiger charge is -2.23. The van der Waals surface area contributed by atoms with Crippen molar-refractivity contribution in [2.45, 2.75) is 26.3 Å². The van der Waals surface area contributed by atoms with E-state index in [1.165, 1.54) is 0 Å². The van der Waals surface area contributed by atoms with Crippen molar-refractivity contribution in [3.8, 4) is 6.07 Å². The van der Waals surface area contributed by atoms with Crippen LogP contribution in [0.25, 0.3) is 0 Å². The van der Waals surface area contributed by atoms with Crippen molar-refractivity contribution in [3.63, 3.8) is 0 Å². The highest BCUT2D eigenvalue weighted by Gasteiger charge is 2.11. The van der Waals surface area contributed by atoms with E-state index in [0.29, 0.717) is 21.4 Å². The third-order valence-electron chi connectivity index (χ3n) is 1.77. The van der Waals surface area contributed by atoms with Crippen LogP contribution >= 0.6 is 23.8 Å². The first-order chi connectivity index (χ1) is 7.80. The number of nitrogens with zero attached hydrogens (tertiary/aromatic N) is 1. The summed E-state index contributed by atoms with van der Waals surface area (Å²) >= 11 is 11.0. The molecule has 5 heteroatoms. The monoisotopic (exact) mass is 267 g/mol. The average molecular weight is 268 g/mol. The lowest BCUT2D eigenvalue weighted by molar-refractivity contribution is 0.515. The van der Waals surface area contributed by atoms with Crippen LogP contribution in [0, 0.1) is 11.3 Å². The Balaban J connectivity index is 2.79. The zero-order valence-corrected chi connectivity index (χ0v) is 11.5. The fourth-order valence-electron chi connectivity index (χ4n) is 1.23. The highest BCUT2D eigenvalue weighted by atomic mass is 35.5. The molecule has 17 heavy (non-hydrogen) atoms. The van der Waals surface area contributed by atoms with Crippen LogP contribution in [-0.4, -0.2) is 10.7 Å². The number of thiocarbonyl (C=S) groups is 1. The van der Waals surface area contributed by atoms with Crippen LogP contribution in [0.5, 0.6) is 0 Å². The number of benzene rings is 1. The Morgan fingerprint density at radius 3 is 2.53 bits per heavy atom. The maximum Gasteiger partial charge on any atom is 0.171 e. The molecule has 0 bridgehead atoms. The molecule has 0 atom stereocenters. The maximum atomic E-state index is 8.82. The van der Waals surface area contributed by atoms with Crippen LogP contribution < -0.4 is 10.6 Å². The standard InChI is InChI=1S/C12H14ClN3S/c1-12(2,3)16-11(17)15-10-5-8(7-14)4-9(13)6-10/h4-6H,1-3H3,(H2,15,16,17). The van der Waals surface area contributed by atoms with Gasteiger partial charge in [0.2, 0.25) is 0 Å². The SMILES string of the molecule is CC(C)(C)NC(=S)Nc1cc(Cl)cc(C#N)c1. The molecule has 3 nitrogen and oxygen atoms in total. The maximum absolute atomic E-state index is 8.82. The first-order valence-corrected chi connectivity index (χ1v) is 5.88. The summed E-state index contributed by atoms with van der Waals surface area (Å²) in [6.45, 7) is 6.04. The Morgan fingerprint density at radius 2 is 2.00 bits per heavy atom.